The zero-order valence-electron chi connectivity index (χ0n) is 15.2. The Kier molecular flexibility index (Phi) is 4.67. The largest absolute Gasteiger partial charge is 0.338 e. The molecule has 0 atom stereocenters. The van der Waals surface area contributed by atoms with Crippen LogP contribution in [-0.2, 0) is 27.3 Å². The first-order valence-corrected chi connectivity index (χ1v) is 9.50. The standard InChI is InChI=1S/C18H23N5O4/c24-15-4-5-16(25)22(15)12-17(26)20-7-9-21(10-8-20)18(27)14-11-13-3-1-2-6-23(13)19-14/h11H,1-10,12H2. The van der Waals surface area contributed by atoms with Crippen LogP contribution in [0.1, 0.15) is 41.9 Å². The predicted molar refractivity (Wildman–Crippen MR) is 93.6 cm³/mol. The van der Waals surface area contributed by atoms with Gasteiger partial charge in [0.15, 0.2) is 5.69 Å². The van der Waals surface area contributed by atoms with Gasteiger partial charge in [-0.3, -0.25) is 28.8 Å². The number of hydrogen-bond acceptors (Lipinski definition) is 5. The number of amides is 4. The Bertz CT molecular complexity index is 754. The number of piperazine rings is 1. The molecule has 0 unspecified atom stereocenters. The van der Waals surface area contributed by atoms with Crippen LogP contribution in [-0.4, -0.2) is 80.8 Å². The van der Waals surface area contributed by atoms with Crippen LogP contribution in [0, 0.1) is 0 Å². The third-order valence-corrected chi connectivity index (χ3v) is 5.50. The Morgan fingerprint density at radius 2 is 1.56 bits per heavy atom. The molecule has 3 aliphatic heterocycles. The zero-order valence-corrected chi connectivity index (χ0v) is 15.2. The van der Waals surface area contributed by atoms with Gasteiger partial charge in [-0.25, -0.2) is 0 Å². The summed E-state index contributed by atoms with van der Waals surface area (Å²) in [5.41, 5.74) is 1.58. The summed E-state index contributed by atoms with van der Waals surface area (Å²) < 4.78 is 1.92. The lowest BCUT2D eigenvalue weighted by Gasteiger charge is -2.35. The minimum atomic E-state index is -0.286. The fourth-order valence-corrected chi connectivity index (χ4v) is 3.88. The average Bonchev–Trinajstić information content (AvgIpc) is 3.26. The first-order chi connectivity index (χ1) is 13.0. The number of aromatic nitrogens is 2. The van der Waals surface area contributed by atoms with Gasteiger partial charge < -0.3 is 9.80 Å². The van der Waals surface area contributed by atoms with E-state index >= 15 is 0 Å². The lowest BCUT2D eigenvalue weighted by Crippen LogP contribution is -2.53. The maximum atomic E-state index is 12.7. The van der Waals surface area contributed by atoms with Crippen molar-refractivity contribution in [2.24, 2.45) is 0 Å². The molecule has 2 fully saturated rings. The molecule has 0 bridgehead atoms. The lowest BCUT2D eigenvalue weighted by molar-refractivity contribution is -0.146. The first-order valence-electron chi connectivity index (χ1n) is 9.50. The number of carbonyl (C=O) groups excluding carboxylic acids is 4. The second-order valence-electron chi connectivity index (χ2n) is 7.25. The fraction of sp³-hybridized carbons (Fsp3) is 0.611. The van der Waals surface area contributed by atoms with Crippen LogP contribution in [0.5, 0.6) is 0 Å². The Balaban J connectivity index is 1.32. The van der Waals surface area contributed by atoms with Crippen LogP contribution in [0.2, 0.25) is 0 Å². The molecule has 4 amide bonds. The number of aryl methyl sites for hydroxylation is 2. The van der Waals surface area contributed by atoms with Crippen LogP contribution >= 0.6 is 0 Å². The summed E-state index contributed by atoms with van der Waals surface area (Å²) in [7, 11) is 0. The van der Waals surface area contributed by atoms with Crippen molar-refractivity contribution < 1.29 is 19.2 Å². The summed E-state index contributed by atoms with van der Waals surface area (Å²) in [6.45, 7) is 2.31. The molecule has 1 aromatic heterocycles. The first kappa shape index (κ1) is 17.7. The smallest absolute Gasteiger partial charge is 0.274 e. The summed E-state index contributed by atoms with van der Waals surface area (Å²) in [6.07, 6.45) is 3.54. The summed E-state index contributed by atoms with van der Waals surface area (Å²) in [5, 5.41) is 4.43. The molecule has 0 radical (unpaired) electrons. The third kappa shape index (κ3) is 3.45. The van der Waals surface area contributed by atoms with E-state index in [1.807, 2.05) is 10.7 Å². The topological polar surface area (TPSA) is 95.8 Å². The molecule has 3 aliphatic rings. The Hall–Kier alpha value is -2.71. The van der Waals surface area contributed by atoms with Crippen molar-refractivity contribution in [2.45, 2.75) is 38.6 Å². The van der Waals surface area contributed by atoms with E-state index in [0.717, 1.165) is 36.4 Å². The van der Waals surface area contributed by atoms with E-state index < -0.39 is 0 Å². The molecule has 0 saturated carbocycles. The molecule has 0 aliphatic carbocycles. The van der Waals surface area contributed by atoms with E-state index in [1.165, 1.54) is 0 Å². The highest BCUT2D eigenvalue weighted by Gasteiger charge is 2.33. The minimum Gasteiger partial charge on any atom is -0.338 e. The van der Waals surface area contributed by atoms with Gasteiger partial charge in [0.2, 0.25) is 17.7 Å². The maximum absolute atomic E-state index is 12.7. The van der Waals surface area contributed by atoms with Gasteiger partial charge in [0, 0.05) is 51.3 Å². The number of nitrogens with zero attached hydrogens (tertiary/aromatic N) is 5. The van der Waals surface area contributed by atoms with E-state index in [-0.39, 0.29) is 43.0 Å². The van der Waals surface area contributed by atoms with E-state index in [1.54, 1.807) is 9.80 Å². The molecule has 9 heteroatoms. The molecule has 1 aromatic rings. The maximum Gasteiger partial charge on any atom is 0.274 e. The van der Waals surface area contributed by atoms with Crippen molar-refractivity contribution in [3.8, 4) is 0 Å². The molecule has 2 saturated heterocycles. The molecule has 0 N–H and O–H groups in total. The second kappa shape index (κ2) is 7.13. The number of likely N-dealkylation sites (tertiary alicyclic amines) is 1. The number of fused-ring (bicyclic) bond motifs is 1. The second-order valence-corrected chi connectivity index (χ2v) is 7.25. The van der Waals surface area contributed by atoms with Gasteiger partial charge in [-0.05, 0) is 25.3 Å². The Morgan fingerprint density at radius 1 is 0.889 bits per heavy atom. The molecule has 4 rings (SSSR count). The molecule has 0 spiro atoms. The summed E-state index contributed by atoms with van der Waals surface area (Å²) in [6, 6.07) is 1.88. The molecule has 0 aromatic carbocycles. The van der Waals surface area contributed by atoms with E-state index in [0.29, 0.717) is 31.9 Å². The van der Waals surface area contributed by atoms with E-state index in [4.69, 9.17) is 0 Å². The molecular weight excluding hydrogens is 350 g/mol. The molecule has 144 valence electrons. The van der Waals surface area contributed by atoms with Crippen molar-refractivity contribution in [1.29, 1.82) is 0 Å². The highest BCUT2D eigenvalue weighted by molar-refractivity contribution is 6.04. The predicted octanol–water partition coefficient (Wildman–Crippen LogP) is -0.347. The van der Waals surface area contributed by atoms with Crippen molar-refractivity contribution >= 4 is 23.6 Å². The molecule has 27 heavy (non-hydrogen) atoms. The van der Waals surface area contributed by atoms with E-state index in [9.17, 15) is 19.2 Å². The number of rotatable bonds is 3. The lowest BCUT2D eigenvalue weighted by atomic mass is 10.1. The zero-order chi connectivity index (χ0) is 19.0. The van der Waals surface area contributed by atoms with Gasteiger partial charge in [0.05, 0.1) is 0 Å². The van der Waals surface area contributed by atoms with Gasteiger partial charge in [-0.1, -0.05) is 0 Å². The van der Waals surface area contributed by atoms with E-state index in [2.05, 4.69) is 5.10 Å². The van der Waals surface area contributed by atoms with Crippen LogP contribution < -0.4 is 0 Å². The average molecular weight is 373 g/mol. The van der Waals surface area contributed by atoms with Gasteiger partial charge in [0.25, 0.3) is 5.91 Å². The van der Waals surface area contributed by atoms with Crippen molar-refractivity contribution in [1.82, 2.24) is 24.5 Å². The summed E-state index contributed by atoms with van der Waals surface area (Å²) >= 11 is 0. The Morgan fingerprint density at radius 3 is 2.22 bits per heavy atom. The molecule has 9 nitrogen and oxygen atoms in total. The van der Waals surface area contributed by atoms with Crippen LogP contribution in [0.25, 0.3) is 0 Å². The van der Waals surface area contributed by atoms with Gasteiger partial charge in [0.1, 0.15) is 6.54 Å². The van der Waals surface area contributed by atoms with Gasteiger partial charge in [-0.2, -0.15) is 5.10 Å². The SMILES string of the molecule is O=C(CN1C(=O)CCC1=O)N1CCN(C(=O)c2cc3n(n2)CCCC3)CC1. The van der Waals surface area contributed by atoms with Crippen LogP contribution in [0.3, 0.4) is 0 Å². The van der Waals surface area contributed by atoms with Gasteiger partial charge >= 0.3 is 0 Å². The van der Waals surface area contributed by atoms with Crippen LogP contribution in [0.4, 0.5) is 0 Å². The highest BCUT2D eigenvalue weighted by Crippen LogP contribution is 2.17. The quantitative estimate of drug-likeness (QED) is 0.675. The summed E-state index contributed by atoms with van der Waals surface area (Å²) in [4.78, 5) is 52.8. The normalized spacial score (nSPS) is 20.2. The Labute approximate surface area is 156 Å². The minimum absolute atomic E-state index is 0.103. The third-order valence-electron chi connectivity index (χ3n) is 5.50. The van der Waals surface area contributed by atoms with Gasteiger partial charge in [-0.15, -0.1) is 0 Å². The number of imide groups is 1. The van der Waals surface area contributed by atoms with Crippen molar-refractivity contribution in [2.75, 3.05) is 32.7 Å². The highest BCUT2D eigenvalue weighted by atomic mass is 16.2. The van der Waals surface area contributed by atoms with Crippen molar-refractivity contribution in [3.63, 3.8) is 0 Å². The number of hydrogen-bond donors (Lipinski definition) is 0. The molecular formula is C18H23N5O4. The fourth-order valence-electron chi connectivity index (χ4n) is 3.88. The van der Waals surface area contributed by atoms with Crippen LogP contribution in [0.15, 0.2) is 6.07 Å². The molecule has 4 heterocycles. The monoisotopic (exact) mass is 373 g/mol. The number of carbonyl (C=O) groups is 4. The van der Waals surface area contributed by atoms with Crippen molar-refractivity contribution in [3.05, 3.63) is 17.5 Å². The summed E-state index contributed by atoms with van der Waals surface area (Å²) in [5.74, 6) is -0.922.